The van der Waals surface area contributed by atoms with Crippen LogP contribution in [0.2, 0.25) is 5.02 Å². The van der Waals surface area contributed by atoms with Gasteiger partial charge in [-0.05, 0) is 24.6 Å². The topological polar surface area (TPSA) is 38.9 Å². The minimum atomic E-state index is -0.306. The molecule has 2 N–H and O–H groups in total. The summed E-state index contributed by atoms with van der Waals surface area (Å²) >= 11 is 7.33. The molecule has 1 aromatic carbocycles. The van der Waals surface area contributed by atoms with Crippen molar-refractivity contribution in [1.82, 2.24) is 4.98 Å². The first-order chi connectivity index (χ1) is 8.65. The molecule has 2 aromatic rings. The van der Waals surface area contributed by atoms with Crippen molar-refractivity contribution < 1.29 is 4.39 Å². The summed E-state index contributed by atoms with van der Waals surface area (Å²) < 4.78 is 13.8. The second-order valence-electron chi connectivity index (χ2n) is 3.97. The Hall–Kier alpha value is -0.970. The van der Waals surface area contributed by atoms with E-state index in [4.69, 9.17) is 17.3 Å². The monoisotopic (exact) mass is 284 g/mol. The fourth-order valence-corrected chi connectivity index (χ4v) is 2.93. The van der Waals surface area contributed by atoms with Crippen LogP contribution >= 0.6 is 22.9 Å². The van der Waals surface area contributed by atoms with E-state index in [0.29, 0.717) is 22.1 Å². The number of benzene rings is 1. The molecule has 1 aromatic heterocycles. The number of nitrogens with zero attached hydrogens (tertiary/aromatic N) is 1. The maximum Gasteiger partial charge on any atom is 0.133 e. The van der Waals surface area contributed by atoms with Crippen LogP contribution in [0.25, 0.3) is 10.6 Å². The molecule has 0 aliphatic rings. The number of hydrogen-bond donors (Lipinski definition) is 1. The third-order valence-corrected chi connectivity index (χ3v) is 4.00. The van der Waals surface area contributed by atoms with E-state index in [1.807, 2.05) is 0 Å². The number of thiazole rings is 1. The number of nitrogens with two attached hydrogens (primary N) is 1. The minimum absolute atomic E-state index is 0.306. The van der Waals surface area contributed by atoms with E-state index in [1.165, 1.54) is 23.5 Å². The van der Waals surface area contributed by atoms with Gasteiger partial charge in [0, 0.05) is 22.0 Å². The molecule has 2 rings (SSSR count). The van der Waals surface area contributed by atoms with Gasteiger partial charge in [-0.15, -0.1) is 11.3 Å². The standard InChI is InChI=1S/C13H14ClFN2S/c1-2-3-11-12(7-16)18-13(17-11)9-6-8(14)4-5-10(9)15/h4-6H,2-3,7,16H2,1H3. The van der Waals surface area contributed by atoms with Crippen molar-refractivity contribution in [3.05, 3.63) is 39.6 Å². The molecular formula is C13H14ClFN2S. The first-order valence-electron chi connectivity index (χ1n) is 5.79. The van der Waals surface area contributed by atoms with Gasteiger partial charge in [0.05, 0.1) is 5.69 Å². The zero-order valence-electron chi connectivity index (χ0n) is 10.0. The van der Waals surface area contributed by atoms with Gasteiger partial charge in [-0.3, -0.25) is 0 Å². The molecular weight excluding hydrogens is 271 g/mol. The van der Waals surface area contributed by atoms with Crippen LogP contribution in [0.4, 0.5) is 4.39 Å². The van der Waals surface area contributed by atoms with Crippen molar-refractivity contribution in [3.63, 3.8) is 0 Å². The molecule has 0 spiro atoms. The molecule has 0 aliphatic carbocycles. The fraction of sp³-hybridized carbons (Fsp3) is 0.308. The van der Waals surface area contributed by atoms with E-state index in [0.717, 1.165) is 23.4 Å². The lowest BCUT2D eigenvalue weighted by molar-refractivity contribution is 0.631. The van der Waals surface area contributed by atoms with Crippen LogP contribution < -0.4 is 5.73 Å². The number of aryl methyl sites for hydroxylation is 1. The van der Waals surface area contributed by atoms with Gasteiger partial charge in [-0.25, -0.2) is 9.37 Å². The average molecular weight is 285 g/mol. The number of aromatic nitrogens is 1. The lowest BCUT2D eigenvalue weighted by Crippen LogP contribution is -1.97. The number of halogens is 2. The number of hydrogen-bond acceptors (Lipinski definition) is 3. The third kappa shape index (κ3) is 2.71. The first kappa shape index (κ1) is 13.5. The van der Waals surface area contributed by atoms with Gasteiger partial charge < -0.3 is 5.73 Å². The van der Waals surface area contributed by atoms with Gasteiger partial charge >= 0.3 is 0 Å². The average Bonchev–Trinajstić information content (AvgIpc) is 2.76. The molecule has 0 saturated carbocycles. The largest absolute Gasteiger partial charge is 0.326 e. The van der Waals surface area contributed by atoms with Gasteiger partial charge in [0.25, 0.3) is 0 Å². The molecule has 1 heterocycles. The zero-order chi connectivity index (χ0) is 13.1. The maximum atomic E-state index is 13.8. The highest BCUT2D eigenvalue weighted by Crippen LogP contribution is 2.32. The Bertz CT molecular complexity index is 554. The summed E-state index contributed by atoms with van der Waals surface area (Å²) in [6.45, 7) is 2.52. The van der Waals surface area contributed by atoms with E-state index >= 15 is 0 Å². The number of rotatable bonds is 4. The molecule has 96 valence electrons. The van der Waals surface area contributed by atoms with Crippen LogP contribution in [0, 0.1) is 5.82 Å². The molecule has 0 radical (unpaired) electrons. The second-order valence-corrected chi connectivity index (χ2v) is 5.49. The Morgan fingerprint density at radius 2 is 2.22 bits per heavy atom. The second kappa shape index (κ2) is 5.78. The molecule has 0 fully saturated rings. The summed E-state index contributed by atoms with van der Waals surface area (Å²) in [7, 11) is 0. The molecule has 0 aliphatic heterocycles. The van der Waals surface area contributed by atoms with Crippen molar-refractivity contribution >= 4 is 22.9 Å². The summed E-state index contributed by atoms with van der Waals surface area (Å²) in [5, 5.41) is 1.16. The van der Waals surface area contributed by atoms with Crippen molar-refractivity contribution in [2.45, 2.75) is 26.3 Å². The van der Waals surface area contributed by atoms with Crippen LogP contribution in [0.15, 0.2) is 18.2 Å². The molecule has 0 bridgehead atoms. The predicted octanol–water partition coefficient (Wildman–Crippen LogP) is 4.01. The van der Waals surface area contributed by atoms with Crippen molar-refractivity contribution in [3.8, 4) is 10.6 Å². The highest BCUT2D eigenvalue weighted by Gasteiger charge is 2.14. The highest BCUT2D eigenvalue weighted by molar-refractivity contribution is 7.15. The Kier molecular flexibility index (Phi) is 4.32. The SMILES string of the molecule is CCCc1nc(-c2cc(Cl)ccc2F)sc1CN. The van der Waals surface area contributed by atoms with Gasteiger partial charge in [0.15, 0.2) is 0 Å². The smallest absolute Gasteiger partial charge is 0.133 e. The van der Waals surface area contributed by atoms with Gasteiger partial charge in [0.2, 0.25) is 0 Å². The van der Waals surface area contributed by atoms with Crippen LogP contribution in [-0.2, 0) is 13.0 Å². The fourth-order valence-electron chi connectivity index (χ4n) is 1.75. The molecule has 0 unspecified atom stereocenters. The molecule has 0 atom stereocenters. The molecule has 0 amide bonds. The van der Waals surface area contributed by atoms with Gasteiger partial charge in [0.1, 0.15) is 10.8 Å². The quantitative estimate of drug-likeness (QED) is 0.921. The summed E-state index contributed by atoms with van der Waals surface area (Å²) in [6, 6.07) is 4.50. The summed E-state index contributed by atoms with van der Waals surface area (Å²) in [5.41, 5.74) is 7.11. The zero-order valence-corrected chi connectivity index (χ0v) is 11.6. The van der Waals surface area contributed by atoms with Crippen molar-refractivity contribution in [2.75, 3.05) is 0 Å². The predicted molar refractivity (Wildman–Crippen MR) is 74.4 cm³/mol. The van der Waals surface area contributed by atoms with E-state index in [2.05, 4.69) is 11.9 Å². The van der Waals surface area contributed by atoms with Crippen LogP contribution in [0.5, 0.6) is 0 Å². The van der Waals surface area contributed by atoms with Crippen molar-refractivity contribution in [2.24, 2.45) is 5.73 Å². The molecule has 18 heavy (non-hydrogen) atoms. The van der Waals surface area contributed by atoms with E-state index in [9.17, 15) is 4.39 Å². The van der Waals surface area contributed by atoms with Crippen LogP contribution in [-0.4, -0.2) is 4.98 Å². The summed E-state index contributed by atoms with van der Waals surface area (Å²) in [4.78, 5) is 5.50. The Morgan fingerprint density at radius 3 is 2.89 bits per heavy atom. The highest BCUT2D eigenvalue weighted by atomic mass is 35.5. The lowest BCUT2D eigenvalue weighted by atomic mass is 10.2. The summed E-state index contributed by atoms with van der Waals surface area (Å²) in [6.07, 6.45) is 1.86. The minimum Gasteiger partial charge on any atom is -0.326 e. The lowest BCUT2D eigenvalue weighted by Gasteiger charge is -1.99. The Labute approximate surface area is 115 Å². The van der Waals surface area contributed by atoms with Crippen LogP contribution in [0.1, 0.15) is 23.9 Å². The van der Waals surface area contributed by atoms with E-state index < -0.39 is 0 Å². The normalized spacial score (nSPS) is 10.9. The molecule has 0 saturated heterocycles. The molecule has 5 heteroatoms. The van der Waals surface area contributed by atoms with Gasteiger partial charge in [-0.2, -0.15) is 0 Å². The third-order valence-electron chi connectivity index (χ3n) is 2.61. The maximum absolute atomic E-state index is 13.8. The van der Waals surface area contributed by atoms with E-state index in [1.54, 1.807) is 6.07 Å². The first-order valence-corrected chi connectivity index (χ1v) is 6.99. The van der Waals surface area contributed by atoms with Gasteiger partial charge in [-0.1, -0.05) is 24.9 Å². The van der Waals surface area contributed by atoms with Crippen LogP contribution in [0.3, 0.4) is 0 Å². The summed E-state index contributed by atoms with van der Waals surface area (Å²) in [5.74, 6) is -0.306. The van der Waals surface area contributed by atoms with Crippen molar-refractivity contribution in [1.29, 1.82) is 0 Å². The van der Waals surface area contributed by atoms with E-state index in [-0.39, 0.29) is 5.82 Å². The Balaban J connectivity index is 2.47. The Morgan fingerprint density at radius 1 is 1.44 bits per heavy atom. The molecule has 2 nitrogen and oxygen atoms in total.